The number of ketones is 1. The molecule has 196 valence electrons. The number of esters is 2. The van der Waals surface area contributed by atoms with Crippen molar-refractivity contribution < 1.29 is 38.4 Å². The van der Waals surface area contributed by atoms with Crippen LogP contribution in [0.4, 0.5) is 0 Å². The van der Waals surface area contributed by atoms with E-state index in [2.05, 4.69) is 0 Å². The van der Waals surface area contributed by atoms with Crippen molar-refractivity contribution in [3.63, 3.8) is 0 Å². The Hall–Kier alpha value is -3.81. The summed E-state index contributed by atoms with van der Waals surface area (Å²) in [7, 11) is 3.06. The lowest BCUT2D eigenvalue weighted by molar-refractivity contribution is -0.135. The Kier molecular flexibility index (Phi) is 8.16. The number of rotatable bonds is 3. The van der Waals surface area contributed by atoms with E-state index in [4.69, 9.17) is 18.9 Å². The standard InChI is InChI=1S/C29H32O8/c1-17-8-7-11-20(30)10-6-4-5-9-18-14-24-27(28(32)26(18)29(33)36-17)23(16-25(31)37-24)19-12-21(34-2)15-22(13-19)35-3/h5,9,12-15,17,23,32H,4,6-8,10-11,16H2,1-3H3/b9-5+/t17-,23?/m0/s1. The molecule has 0 aliphatic carbocycles. The van der Waals surface area contributed by atoms with Crippen LogP contribution >= 0.6 is 0 Å². The molecule has 0 radical (unpaired) electrons. The van der Waals surface area contributed by atoms with Crippen LogP contribution in [0.1, 0.15) is 84.8 Å². The fourth-order valence-corrected chi connectivity index (χ4v) is 4.83. The molecule has 1 unspecified atom stereocenters. The number of ether oxygens (including phenoxy) is 4. The highest BCUT2D eigenvalue weighted by molar-refractivity contribution is 5.98. The van der Waals surface area contributed by atoms with E-state index in [1.807, 2.05) is 6.08 Å². The molecule has 0 spiro atoms. The fourth-order valence-electron chi connectivity index (χ4n) is 4.83. The van der Waals surface area contributed by atoms with Crippen molar-refractivity contribution in [1.82, 2.24) is 0 Å². The van der Waals surface area contributed by atoms with Crippen LogP contribution in [0.3, 0.4) is 0 Å². The number of fused-ring (bicyclic) bond motifs is 2. The van der Waals surface area contributed by atoms with E-state index < -0.39 is 24.0 Å². The van der Waals surface area contributed by atoms with Gasteiger partial charge in [-0.3, -0.25) is 9.59 Å². The summed E-state index contributed by atoms with van der Waals surface area (Å²) in [5, 5.41) is 11.5. The number of Topliss-reactive ketones (excluding diaryl/α,β-unsaturated/α-hetero) is 1. The molecule has 0 amide bonds. The lowest BCUT2D eigenvalue weighted by Gasteiger charge is -2.28. The zero-order valence-electron chi connectivity index (χ0n) is 21.4. The molecule has 37 heavy (non-hydrogen) atoms. The molecule has 0 saturated heterocycles. The van der Waals surface area contributed by atoms with Crippen molar-refractivity contribution in [2.75, 3.05) is 14.2 Å². The first-order valence-corrected chi connectivity index (χ1v) is 12.5. The number of hydrogen-bond acceptors (Lipinski definition) is 8. The Bertz CT molecular complexity index is 1210. The van der Waals surface area contributed by atoms with Gasteiger partial charge < -0.3 is 24.1 Å². The molecule has 0 fully saturated rings. The summed E-state index contributed by atoms with van der Waals surface area (Å²) in [4.78, 5) is 38.0. The summed E-state index contributed by atoms with van der Waals surface area (Å²) < 4.78 is 22.0. The fraction of sp³-hybridized carbons (Fsp3) is 0.414. The van der Waals surface area contributed by atoms with Crippen LogP contribution in [-0.2, 0) is 14.3 Å². The molecule has 2 aromatic carbocycles. The Morgan fingerprint density at radius 3 is 2.38 bits per heavy atom. The normalized spacial score (nSPS) is 21.5. The quantitative estimate of drug-likeness (QED) is 0.438. The van der Waals surface area contributed by atoms with Crippen LogP contribution in [-0.4, -0.2) is 43.2 Å². The summed E-state index contributed by atoms with van der Waals surface area (Å²) in [6.45, 7) is 1.77. The molecule has 1 N–H and O–H groups in total. The minimum Gasteiger partial charge on any atom is -0.507 e. The average Bonchev–Trinajstić information content (AvgIpc) is 2.86. The van der Waals surface area contributed by atoms with Crippen molar-refractivity contribution in [2.24, 2.45) is 0 Å². The van der Waals surface area contributed by atoms with E-state index >= 15 is 0 Å². The third kappa shape index (κ3) is 5.96. The monoisotopic (exact) mass is 508 g/mol. The van der Waals surface area contributed by atoms with Gasteiger partial charge in [-0.1, -0.05) is 12.2 Å². The molecule has 0 saturated carbocycles. The van der Waals surface area contributed by atoms with E-state index in [0.717, 1.165) is 0 Å². The second-order valence-electron chi connectivity index (χ2n) is 9.42. The van der Waals surface area contributed by atoms with Gasteiger partial charge >= 0.3 is 11.9 Å². The molecule has 2 aliphatic rings. The zero-order valence-corrected chi connectivity index (χ0v) is 21.4. The number of cyclic esters (lactones) is 1. The Labute approximate surface area is 216 Å². The first kappa shape index (κ1) is 26.3. The molecule has 0 aromatic heterocycles. The molecule has 2 atom stereocenters. The maximum Gasteiger partial charge on any atom is 0.342 e. The molecule has 4 rings (SSSR count). The second kappa shape index (κ2) is 11.5. The molecular formula is C29H32O8. The lowest BCUT2D eigenvalue weighted by Crippen LogP contribution is -2.23. The summed E-state index contributed by atoms with van der Waals surface area (Å²) in [6, 6.07) is 6.84. The molecule has 8 heteroatoms. The zero-order chi connectivity index (χ0) is 26.5. The topological polar surface area (TPSA) is 108 Å². The minimum absolute atomic E-state index is 0.0211. The van der Waals surface area contributed by atoms with Crippen LogP contribution in [0.2, 0.25) is 0 Å². The van der Waals surface area contributed by atoms with Gasteiger partial charge in [0.25, 0.3) is 0 Å². The third-order valence-corrected chi connectivity index (χ3v) is 6.75. The van der Waals surface area contributed by atoms with Crippen LogP contribution in [0.15, 0.2) is 30.3 Å². The highest BCUT2D eigenvalue weighted by Gasteiger charge is 2.36. The summed E-state index contributed by atoms with van der Waals surface area (Å²) >= 11 is 0. The Balaban J connectivity index is 1.84. The number of benzene rings is 2. The van der Waals surface area contributed by atoms with Gasteiger partial charge in [0.2, 0.25) is 0 Å². The predicted molar refractivity (Wildman–Crippen MR) is 136 cm³/mol. The molecule has 2 heterocycles. The van der Waals surface area contributed by atoms with Crippen molar-refractivity contribution in [1.29, 1.82) is 0 Å². The first-order valence-electron chi connectivity index (χ1n) is 12.5. The van der Waals surface area contributed by atoms with E-state index in [1.165, 1.54) is 14.2 Å². The number of hydrogen-bond donors (Lipinski definition) is 1. The molecule has 2 aliphatic heterocycles. The Morgan fingerprint density at radius 2 is 1.68 bits per heavy atom. The lowest BCUT2D eigenvalue weighted by atomic mass is 9.83. The number of phenols is 1. The number of phenolic OH excluding ortho intramolecular Hbond substituents is 1. The number of carbonyl (C=O) groups excluding carboxylic acids is 3. The van der Waals surface area contributed by atoms with Gasteiger partial charge in [0.05, 0.1) is 26.7 Å². The molecule has 2 aromatic rings. The summed E-state index contributed by atoms with van der Waals surface area (Å²) in [5.41, 5.74) is 1.41. The highest BCUT2D eigenvalue weighted by atomic mass is 16.5. The number of carbonyl (C=O) groups is 3. The van der Waals surface area contributed by atoms with Crippen LogP contribution in [0.25, 0.3) is 6.08 Å². The molecule has 8 nitrogen and oxygen atoms in total. The van der Waals surface area contributed by atoms with Crippen molar-refractivity contribution in [3.8, 4) is 23.0 Å². The van der Waals surface area contributed by atoms with Crippen LogP contribution < -0.4 is 14.2 Å². The Morgan fingerprint density at radius 1 is 0.973 bits per heavy atom. The second-order valence-corrected chi connectivity index (χ2v) is 9.42. The average molecular weight is 509 g/mol. The smallest absolute Gasteiger partial charge is 0.342 e. The summed E-state index contributed by atoms with van der Waals surface area (Å²) in [5.74, 6) is -0.573. The van der Waals surface area contributed by atoms with Crippen LogP contribution in [0.5, 0.6) is 23.0 Å². The van der Waals surface area contributed by atoms with E-state index in [0.29, 0.717) is 66.7 Å². The van der Waals surface area contributed by atoms with Gasteiger partial charge in [-0.25, -0.2) is 4.79 Å². The van der Waals surface area contributed by atoms with E-state index in [1.54, 1.807) is 37.3 Å². The largest absolute Gasteiger partial charge is 0.507 e. The van der Waals surface area contributed by atoms with E-state index in [9.17, 15) is 19.5 Å². The van der Waals surface area contributed by atoms with Gasteiger partial charge in [0, 0.05) is 30.4 Å². The van der Waals surface area contributed by atoms with Crippen molar-refractivity contribution >= 4 is 23.8 Å². The van der Waals surface area contributed by atoms with Gasteiger partial charge in [-0.05, 0) is 61.9 Å². The molecule has 0 bridgehead atoms. The number of methoxy groups -OCH3 is 2. The first-order chi connectivity index (χ1) is 17.8. The number of aromatic hydroxyl groups is 1. The maximum absolute atomic E-state index is 13.3. The van der Waals surface area contributed by atoms with Gasteiger partial charge in [-0.15, -0.1) is 0 Å². The van der Waals surface area contributed by atoms with Gasteiger partial charge in [0.15, 0.2) is 0 Å². The van der Waals surface area contributed by atoms with Gasteiger partial charge in [-0.2, -0.15) is 0 Å². The number of allylic oxidation sites excluding steroid dienone is 1. The van der Waals surface area contributed by atoms with Crippen molar-refractivity contribution in [2.45, 2.75) is 63.9 Å². The molecular weight excluding hydrogens is 476 g/mol. The van der Waals surface area contributed by atoms with Crippen LogP contribution in [0, 0.1) is 0 Å². The maximum atomic E-state index is 13.3. The van der Waals surface area contributed by atoms with E-state index in [-0.39, 0.29) is 29.3 Å². The minimum atomic E-state index is -0.672. The van der Waals surface area contributed by atoms with Gasteiger partial charge in [0.1, 0.15) is 34.3 Å². The highest BCUT2D eigenvalue weighted by Crippen LogP contribution is 2.48. The van der Waals surface area contributed by atoms with Crippen molar-refractivity contribution in [3.05, 3.63) is 52.6 Å². The third-order valence-electron chi connectivity index (χ3n) is 6.75. The summed E-state index contributed by atoms with van der Waals surface area (Å²) in [6.07, 6.45) is 6.50. The SMILES string of the molecule is COc1cc(OC)cc(C2CC(=O)Oc3cc4c(c(O)c32)C(=O)O[C@@H](C)CCCC(=O)CCC/C=C/4)c1. The predicted octanol–water partition coefficient (Wildman–Crippen LogP) is 5.33.